The Morgan fingerprint density at radius 2 is 1.92 bits per heavy atom. The van der Waals surface area contributed by atoms with Crippen molar-refractivity contribution < 1.29 is 13.2 Å². The highest BCUT2D eigenvalue weighted by molar-refractivity contribution is 7.18. The molecule has 1 N–H and O–H groups in total. The van der Waals surface area contributed by atoms with E-state index in [0.717, 1.165) is 43.2 Å². The molecule has 2 aromatic rings. The summed E-state index contributed by atoms with van der Waals surface area (Å²) in [5, 5.41) is 4.14. The van der Waals surface area contributed by atoms with Gasteiger partial charge in [0, 0.05) is 30.6 Å². The van der Waals surface area contributed by atoms with Crippen molar-refractivity contribution in [2.24, 2.45) is 5.92 Å². The summed E-state index contributed by atoms with van der Waals surface area (Å²) in [6.07, 6.45) is 1.14. The molecule has 0 bridgehead atoms. The van der Waals surface area contributed by atoms with Crippen LogP contribution in [0.5, 0.6) is 0 Å². The van der Waals surface area contributed by atoms with Crippen LogP contribution in [0.2, 0.25) is 0 Å². The number of halogens is 3. The molecule has 25 heavy (non-hydrogen) atoms. The van der Waals surface area contributed by atoms with Crippen LogP contribution in [0.4, 0.5) is 19.0 Å². The van der Waals surface area contributed by atoms with Crippen LogP contribution >= 0.6 is 11.3 Å². The SMILES string of the molecule is FC(F)(F)Cc1cc2c(NC3CCN(CC4CC4)CC3)ncnc2s1. The van der Waals surface area contributed by atoms with Crippen LogP contribution in [0, 0.1) is 5.92 Å². The molecule has 4 rings (SSSR count). The number of nitrogens with zero attached hydrogens (tertiary/aromatic N) is 3. The third kappa shape index (κ3) is 4.41. The van der Waals surface area contributed by atoms with E-state index >= 15 is 0 Å². The zero-order valence-corrected chi connectivity index (χ0v) is 14.7. The number of hydrogen-bond acceptors (Lipinski definition) is 5. The minimum Gasteiger partial charge on any atom is -0.367 e. The predicted molar refractivity (Wildman–Crippen MR) is 93.0 cm³/mol. The summed E-state index contributed by atoms with van der Waals surface area (Å²) in [4.78, 5) is 11.8. The number of fused-ring (bicyclic) bond motifs is 1. The van der Waals surface area contributed by atoms with Crippen LogP contribution < -0.4 is 5.32 Å². The summed E-state index contributed by atoms with van der Waals surface area (Å²) in [7, 11) is 0. The Kier molecular flexibility index (Phi) is 4.58. The average Bonchev–Trinajstić information content (AvgIpc) is 3.26. The highest BCUT2D eigenvalue weighted by atomic mass is 32.1. The molecule has 2 fully saturated rings. The molecule has 2 aromatic heterocycles. The van der Waals surface area contributed by atoms with Crippen molar-refractivity contribution in [3.8, 4) is 0 Å². The summed E-state index contributed by atoms with van der Waals surface area (Å²) >= 11 is 1.10. The number of thiophene rings is 1. The second-order valence-corrected chi connectivity index (χ2v) is 8.22. The van der Waals surface area contributed by atoms with E-state index in [1.165, 1.54) is 25.7 Å². The predicted octanol–water partition coefficient (Wildman–Crippen LogP) is 4.08. The Morgan fingerprint density at radius 1 is 1.16 bits per heavy atom. The summed E-state index contributed by atoms with van der Waals surface area (Å²) < 4.78 is 37.9. The zero-order valence-electron chi connectivity index (χ0n) is 13.9. The quantitative estimate of drug-likeness (QED) is 0.861. The van der Waals surface area contributed by atoms with E-state index in [1.807, 2.05) is 0 Å². The first kappa shape index (κ1) is 17.0. The van der Waals surface area contributed by atoms with Crippen LogP contribution in [0.15, 0.2) is 12.4 Å². The van der Waals surface area contributed by atoms with E-state index in [2.05, 4.69) is 20.2 Å². The molecular formula is C17H21F3N4S. The lowest BCUT2D eigenvalue weighted by Gasteiger charge is -2.32. The zero-order chi connectivity index (χ0) is 17.4. The lowest BCUT2D eigenvalue weighted by molar-refractivity contribution is -0.126. The van der Waals surface area contributed by atoms with Gasteiger partial charge in [0.15, 0.2) is 0 Å². The maximum absolute atomic E-state index is 12.6. The van der Waals surface area contributed by atoms with Crippen LogP contribution in [0.25, 0.3) is 10.2 Å². The highest BCUT2D eigenvalue weighted by Crippen LogP contribution is 2.33. The summed E-state index contributed by atoms with van der Waals surface area (Å²) in [5.74, 6) is 1.57. The van der Waals surface area contributed by atoms with Gasteiger partial charge in [0.05, 0.1) is 11.8 Å². The second-order valence-electron chi connectivity index (χ2n) is 7.11. The molecule has 136 valence electrons. The van der Waals surface area contributed by atoms with Gasteiger partial charge in [0.1, 0.15) is 17.0 Å². The highest BCUT2D eigenvalue weighted by Gasteiger charge is 2.30. The molecule has 1 aliphatic heterocycles. The fraction of sp³-hybridized carbons (Fsp3) is 0.647. The van der Waals surface area contributed by atoms with Crippen LogP contribution in [0.3, 0.4) is 0 Å². The van der Waals surface area contributed by atoms with Gasteiger partial charge in [0.25, 0.3) is 0 Å². The number of nitrogens with one attached hydrogen (secondary N) is 1. The number of likely N-dealkylation sites (tertiary alicyclic amines) is 1. The Labute approximate surface area is 148 Å². The molecule has 8 heteroatoms. The minimum atomic E-state index is -4.20. The normalized spacial score (nSPS) is 20.3. The molecule has 0 radical (unpaired) electrons. The van der Waals surface area contributed by atoms with Gasteiger partial charge in [-0.25, -0.2) is 9.97 Å². The molecule has 1 aliphatic carbocycles. The van der Waals surface area contributed by atoms with Gasteiger partial charge < -0.3 is 10.2 Å². The molecule has 0 atom stereocenters. The first-order chi connectivity index (χ1) is 12.0. The van der Waals surface area contributed by atoms with Crippen molar-refractivity contribution in [1.82, 2.24) is 14.9 Å². The van der Waals surface area contributed by atoms with Gasteiger partial charge in [-0.3, -0.25) is 0 Å². The number of anilines is 1. The van der Waals surface area contributed by atoms with E-state index in [4.69, 9.17) is 0 Å². The molecule has 0 unspecified atom stereocenters. The Morgan fingerprint density at radius 3 is 2.60 bits per heavy atom. The molecule has 2 aliphatic rings. The van der Waals surface area contributed by atoms with Crippen molar-refractivity contribution in [3.05, 3.63) is 17.3 Å². The minimum absolute atomic E-state index is 0.283. The van der Waals surface area contributed by atoms with Crippen molar-refractivity contribution >= 4 is 27.4 Å². The fourth-order valence-corrected chi connectivity index (χ4v) is 4.45. The van der Waals surface area contributed by atoms with Gasteiger partial charge in [-0.1, -0.05) is 0 Å². The van der Waals surface area contributed by atoms with Crippen molar-refractivity contribution in [3.63, 3.8) is 0 Å². The number of rotatable bonds is 5. The maximum atomic E-state index is 12.6. The van der Waals surface area contributed by atoms with E-state index in [-0.39, 0.29) is 4.88 Å². The largest absolute Gasteiger partial charge is 0.393 e. The lowest BCUT2D eigenvalue weighted by atomic mass is 10.0. The Balaban J connectivity index is 1.42. The smallest absolute Gasteiger partial charge is 0.367 e. The topological polar surface area (TPSA) is 41.0 Å². The molecular weight excluding hydrogens is 349 g/mol. The van der Waals surface area contributed by atoms with Crippen LogP contribution in [0.1, 0.15) is 30.6 Å². The lowest BCUT2D eigenvalue weighted by Crippen LogP contribution is -2.40. The number of piperidine rings is 1. The van der Waals surface area contributed by atoms with Crippen molar-refractivity contribution in [1.29, 1.82) is 0 Å². The van der Waals surface area contributed by atoms with Gasteiger partial charge in [-0.05, 0) is 37.7 Å². The number of hydrogen-bond donors (Lipinski definition) is 1. The number of alkyl halides is 3. The molecule has 4 nitrogen and oxygen atoms in total. The average molecular weight is 370 g/mol. The van der Waals surface area contributed by atoms with Gasteiger partial charge >= 0.3 is 6.18 Å². The summed E-state index contributed by atoms with van der Waals surface area (Å²) in [5.41, 5.74) is 0. The van der Waals surface area contributed by atoms with Gasteiger partial charge in [-0.15, -0.1) is 11.3 Å². The molecule has 1 saturated heterocycles. The van der Waals surface area contributed by atoms with Crippen molar-refractivity contribution in [2.75, 3.05) is 25.0 Å². The first-order valence-corrected chi connectivity index (χ1v) is 9.57. The van der Waals surface area contributed by atoms with E-state index in [9.17, 15) is 13.2 Å². The van der Waals surface area contributed by atoms with Gasteiger partial charge in [-0.2, -0.15) is 13.2 Å². The van der Waals surface area contributed by atoms with E-state index in [1.54, 1.807) is 6.07 Å². The fourth-order valence-electron chi connectivity index (χ4n) is 3.42. The summed E-state index contributed by atoms with van der Waals surface area (Å²) in [6.45, 7) is 3.37. The Bertz CT molecular complexity index is 733. The third-order valence-corrected chi connectivity index (χ3v) is 5.94. The molecule has 3 heterocycles. The monoisotopic (exact) mass is 370 g/mol. The Hall–Kier alpha value is -1.41. The summed E-state index contributed by atoms with van der Waals surface area (Å²) in [6, 6.07) is 1.90. The van der Waals surface area contributed by atoms with E-state index in [0.29, 0.717) is 22.1 Å². The molecule has 1 saturated carbocycles. The van der Waals surface area contributed by atoms with E-state index < -0.39 is 12.6 Å². The molecule has 0 aromatic carbocycles. The third-order valence-electron chi connectivity index (χ3n) is 4.90. The maximum Gasteiger partial charge on any atom is 0.393 e. The van der Waals surface area contributed by atoms with Crippen LogP contribution in [-0.4, -0.2) is 46.7 Å². The standard InChI is InChI=1S/C17H21F3N4S/c18-17(19,20)8-13-7-14-15(21-10-22-16(14)25-13)23-12-3-5-24(6-4-12)9-11-1-2-11/h7,10-12H,1-6,8-9H2,(H,21,22,23). The van der Waals surface area contributed by atoms with Gasteiger partial charge in [0.2, 0.25) is 0 Å². The van der Waals surface area contributed by atoms with Crippen LogP contribution in [-0.2, 0) is 6.42 Å². The van der Waals surface area contributed by atoms with Crippen molar-refractivity contribution in [2.45, 2.75) is 44.3 Å². The second kappa shape index (κ2) is 6.72. The molecule has 0 amide bonds. The number of aromatic nitrogens is 2. The first-order valence-electron chi connectivity index (χ1n) is 8.75. The molecule has 0 spiro atoms.